The Morgan fingerprint density at radius 2 is 2.20 bits per heavy atom. The highest BCUT2D eigenvalue weighted by Crippen LogP contribution is 2.40. The molecule has 1 aliphatic rings. The Morgan fingerprint density at radius 1 is 1.40 bits per heavy atom. The van der Waals surface area contributed by atoms with Crippen molar-refractivity contribution in [3.05, 3.63) is 52.7 Å². The molecule has 3 rings (SSSR count). The average molecular weight is 274 g/mol. The fourth-order valence-electron chi connectivity index (χ4n) is 2.36. The zero-order chi connectivity index (χ0) is 14.1. The maximum absolute atomic E-state index is 13.8. The Bertz CT molecular complexity index is 604. The summed E-state index contributed by atoms with van der Waals surface area (Å²) in [6.07, 6.45) is 2.46. The Labute approximate surface area is 118 Å². The van der Waals surface area contributed by atoms with Gasteiger partial charge in [-0.05, 0) is 44.2 Å². The maximum atomic E-state index is 13.8. The van der Waals surface area contributed by atoms with Gasteiger partial charge in [0.2, 0.25) is 0 Å². The van der Waals surface area contributed by atoms with E-state index in [0.717, 1.165) is 17.0 Å². The third-order valence-electron chi connectivity index (χ3n) is 3.81. The summed E-state index contributed by atoms with van der Waals surface area (Å²) in [4.78, 5) is 0. The van der Waals surface area contributed by atoms with E-state index >= 15 is 0 Å². The zero-order valence-corrected chi connectivity index (χ0v) is 11.8. The largest absolute Gasteiger partial charge is 0.361 e. The summed E-state index contributed by atoms with van der Waals surface area (Å²) in [6, 6.07) is 7.41. The van der Waals surface area contributed by atoms with Crippen LogP contribution in [0.2, 0.25) is 0 Å². The SMILES string of the molecule is Cc1cc(C(C)NCc2cc(C3CC3)ccc2F)no1. The van der Waals surface area contributed by atoms with E-state index in [4.69, 9.17) is 4.52 Å². The number of benzene rings is 1. The number of aromatic nitrogens is 1. The van der Waals surface area contributed by atoms with Gasteiger partial charge in [-0.2, -0.15) is 0 Å². The molecule has 0 amide bonds. The number of nitrogens with zero attached hydrogens (tertiary/aromatic N) is 1. The molecule has 0 aliphatic heterocycles. The van der Waals surface area contributed by atoms with Crippen LogP contribution in [0, 0.1) is 12.7 Å². The van der Waals surface area contributed by atoms with Gasteiger partial charge in [-0.3, -0.25) is 0 Å². The molecule has 1 heterocycles. The van der Waals surface area contributed by atoms with Crippen LogP contribution < -0.4 is 5.32 Å². The van der Waals surface area contributed by atoms with Gasteiger partial charge in [-0.1, -0.05) is 17.3 Å². The molecule has 1 unspecified atom stereocenters. The van der Waals surface area contributed by atoms with Crippen molar-refractivity contribution in [2.75, 3.05) is 0 Å². The lowest BCUT2D eigenvalue weighted by molar-refractivity contribution is 0.380. The van der Waals surface area contributed by atoms with Gasteiger partial charge in [0.1, 0.15) is 17.3 Å². The first-order chi connectivity index (χ1) is 9.63. The third-order valence-corrected chi connectivity index (χ3v) is 3.81. The molecule has 20 heavy (non-hydrogen) atoms. The van der Waals surface area contributed by atoms with Gasteiger partial charge in [0.15, 0.2) is 0 Å². The van der Waals surface area contributed by atoms with Crippen molar-refractivity contribution in [3.63, 3.8) is 0 Å². The molecule has 1 saturated carbocycles. The van der Waals surface area contributed by atoms with Crippen LogP contribution in [0.3, 0.4) is 0 Å². The van der Waals surface area contributed by atoms with Crippen LogP contribution in [-0.4, -0.2) is 5.16 Å². The third kappa shape index (κ3) is 2.90. The van der Waals surface area contributed by atoms with Gasteiger partial charge >= 0.3 is 0 Å². The first kappa shape index (κ1) is 13.3. The summed E-state index contributed by atoms with van der Waals surface area (Å²) in [5, 5.41) is 7.27. The summed E-state index contributed by atoms with van der Waals surface area (Å²) in [5.74, 6) is 1.28. The van der Waals surface area contributed by atoms with Crippen molar-refractivity contribution >= 4 is 0 Å². The minimum atomic E-state index is -0.148. The van der Waals surface area contributed by atoms with Gasteiger partial charge in [-0.15, -0.1) is 0 Å². The Kier molecular flexibility index (Phi) is 3.57. The number of rotatable bonds is 5. The monoisotopic (exact) mass is 274 g/mol. The van der Waals surface area contributed by atoms with Gasteiger partial charge in [0.05, 0.1) is 6.04 Å². The molecule has 1 atom stereocenters. The fourth-order valence-corrected chi connectivity index (χ4v) is 2.36. The summed E-state index contributed by atoms with van der Waals surface area (Å²) in [7, 11) is 0. The average Bonchev–Trinajstić information content (AvgIpc) is 3.19. The van der Waals surface area contributed by atoms with E-state index in [0.29, 0.717) is 12.5 Å². The number of aryl methyl sites for hydroxylation is 1. The lowest BCUT2D eigenvalue weighted by Crippen LogP contribution is -2.19. The van der Waals surface area contributed by atoms with E-state index in [1.807, 2.05) is 32.0 Å². The highest BCUT2D eigenvalue weighted by Gasteiger charge is 2.24. The Balaban J connectivity index is 1.66. The van der Waals surface area contributed by atoms with Crippen molar-refractivity contribution in [1.82, 2.24) is 10.5 Å². The van der Waals surface area contributed by atoms with Gasteiger partial charge in [0, 0.05) is 18.2 Å². The molecule has 0 spiro atoms. The quantitative estimate of drug-likeness (QED) is 0.900. The number of hydrogen-bond acceptors (Lipinski definition) is 3. The minimum absolute atomic E-state index is 0.0384. The molecule has 0 saturated heterocycles. The molecule has 1 aromatic carbocycles. The van der Waals surface area contributed by atoms with E-state index in [-0.39, 0.29) is 11.9 Å². The lowest BCUT2D eigenvalue weighted by atomic mass is 10.1. The number of hydrogen-bond donors (Lipinski definition) is 1. The molecule has 106 valence electrons. The second-order valence-corrected chi connectivity index (χ2v) is 5.59. The second-order valence-electron chi connectivity index (χ2n) is 5.59. The van der Waals surface area contributed by atoms with Crippen LogP contribution in [0.5, 0.6) is 0 Å². The van der Waals surface area contributed by atoms with E-state index < -0.39 is 0 Å². The predicted molar refractivity (Wildman–Crippen MR) is 74.9 cm³/mol. The van der Waals surface area contributed by atoms with Gasteiger partial charge < -0.3 is 9.84 Å². The fraction of sp³-hybridized carbons (Fsp3) is 0.438. The summed E-state index contributed by atoms with van der Waals surface area (Å²) < 4.78 is 18.9. The summed E-state index contributed by atoms with van der Waals surface area (Å²) in [5.41, 5.74) is 2.83. The molecule has 1 N–H and O–H groups in total. The van der Waals surface area contributed by atoms with E-state index in [2.05, 4.69) is 10.5 Å². The molecule has 4 heteroatoms. The topological polar surface area (TPSA) is 38.1 Å². The standard InChI is InChI=1S/C16H19FN2O/c1-10-7-16(19-20-10)11(2)18-9-14-8-13(12-3-4-12)5-6-15(14)17/h5-8,11-12,18H,3-4,9H2,1-2H3. The van der Waals surface area contributed by atoms with Crippen LogP contribution in [0.4, 0.5) is 4.39 Å². The van der Waals surface area contributed by atoms with Crippen LogP contribution in [0.1, 0.15) is 54.3 Å². The summed E-state index contributed by atoms with van der Waals surface area (Å²) in [6.45, 7) is 4.36. The number of halogens is 1. The second kappa shape index (κ2) is 5.37. The van der Waals surface area contributed by atoms with E-state index in [1.54, 1.807) is 6.07 Å². The molecule has 0 bridgehead atoms. The Morgan fingerprint density at radius 3 is 2.85 bits per heavy atom. The molecule has 1 fully saturated rings. The van der Waals surface area contributed by atoms with Crippen molar-refractivity contribution in [2.45, 2.75) is 45.2 Å². The van der Waals surface area contributed by atoms with Gasteiger partial charge in [0.25, 0.3) is 0 Å². The molecular weight excluding hydrogens is 255 g/mol. The van der Waals surface area contributed by atoms with Crippen molar-refractivity contribution < 1.29 is 8.91 Å². The highest BCUT2D eigenvalue weighted by atomic mass is 19.1. The molecule has 3 nitrogen and oxygen atoms in total. The first-order valence-corrected chi connectivity index (χ1v) is 7.08. The van der Waals surface area contributed by atoms with Crippen molar-refractivity contribution in [1.29, 1.82) is 0 Å². The van der Waals surface area contributed by atoms with Crippen molar-refractivity contribution in [3.8, 4) is 0 Å². The van der Waals surface area contributed by atoms with Crippen molar-refractivity contribution in [2.24, 2.45) is 0 Å². The normalized spacial score (nSPS) is 16.4. The maximum Gasteiger partial charge on any atom is 0.133 e. The zero-order valence-electron chi connectivity index (χ0n) is 11.8. The smallest absolute Gasteiger partial charge is 0.133 e. The van der Waals surface area contributed by atoms with Crippen LogP contribution in [0.15, 0.2) is 28.8 Å². The van der Waals surface area contributed by atoms with Gasteiger partial charge in [-0.25, -0.2) is 4.39 Å². The highest BCUT2D eigenvalue weighted by molar-refractivity contribution is 5.30. The molecule has 2 aromatic rings. The minimum Gasteiger partial charge on any atom is -0.361 e. The molecule has 1 aromatic heterocycles. The van der Waals surface area contributed by atoms with Crippen LogP contribution in [0.25, 0.3) is 0 Å². The molecule has 0 radical (unpaired) electrons. The lowest BCUT2D eigenvalue weighted by Gasteiger charge is -2.12. The summed E-state index contributed by atoms with van der Waals surface area (Å²) >= 11 is 0. The van der Waals surface area contributed by atoms with Crippen LogP contribution >= 0.6 is 0 Å². The first-order valence-electron chi connectivity index (χ1n) is 7.08. The Hall–Kier alpha value is -1.68. The number of nitrogens with one attached hydrogen (secondary N) is 1. The predicted octanol–water partition coefficient (Wildman–Crippen LogP) is 3.85. The van der Waals surface area contributed by atoms with Crippen LogP contribution in [-0.2, 0) is 6.54 Å². The van der Waals surface area contributed by atoms with E-state index in [1.165, 1.54) is 18.4 Å². The van der Waals surface area contributed by atoms with E-state index in [9.17, 15) is 4.39 Å². The molecule has 1 aliphatic carbocycles. The molecular formula is C16H19FN2O.